The number of amides is 4. The number of fused-ring (bicyclic) bond motifs is 1. The normalized spacial score (nSPS) is 17.0. The third-order valence-electron chi connectivity index (χ3n) is 4.74. The standard InChI is InChI=1S/C18H21N3O5/c1-26-15(22)10-19-18(25)20-11-7-8-13-14(9-11)17(24)21(16(13)23)12-5-3-2-4-6-12/h7-9,12H,2-6,10H2,1H3,(H2,19,20,25). The molecule has 3 rings (SSSR count). The van der Waals surface area contributed by atoms with Gasteiger partial charge in [-0.3, -0.25) is 19.3 Å². The maximum atomic E-state index is 12.7. The molecule has 8 heteroatoms. The minimum absolute atomic E-state index is 0.0454. The molecule has 1 aromatic rings. The second kappa shape index (κ2) is 7.55. The van der Waals surface area contributed by atoms with Gasteiger partial charge in [0.1, 0.15) is 6.54 Å². The highest BCUT2D eigenvalue weighted by molar-refractivity contribution is 6.22. The summed E-state index contributed by atoms with van der Waals surface area (Å²) in [5, 5.41) is 4.88. The molecule has 0 atom stereocenters. The van der Waals surface area contributed by atoms with Gasteiger partial charge in [-0.05, 0) is 31.0 Å². The highest BCUT2D eigenvalue weighted by Crippen LogP contribution is 2.32. The molecule has 0 bridgehead atoms. The lowest BCUT2D eigenvalue weighted by atomic mass is 9.94. The van der Waals surface area contributed by atoms with E-state index in [0.717, 1.165) is 32.1 Å². The fourth-order valence-corrected chi connectivity index (χ4v) is 3.41. The molecule has 2 N–H and O–H groups in total. The second-order valence-electron chi connectivity index (χ2n) is 6.42. The van der Waals surface area contributed by atoms with Gasteiger partial charge in [-0.25, -0.2) is 4.79 Å². The summed E-state index contributed by atoms with van der Waals surface area (Å²) in [6.45, 7) is -0.264. The number of carbonyl (C=O) groups excluding carboxylic acids is 4. The van der Waals surface area contributed by atoms with Crippen molar-refractivity contribution in [3.05, 3.63) is 29.3 Å². The average Bonchev–Trinajstić information content (AvgIpc) is 2.90. The molecule has 0 spiro atoms. The summed E-state index contributed by atoms with van der Waals surface area (Å²) in [5.41, 5.74) is 1.03. The van der Waals surface area contributed by atoms with Crippen molar-refractivity contribution < 1.29 is 23.9 Å². The Morgan fingerprint density at radius 3 is 2.50 bits per heavy atom. The Kier molecular flexibility index (Phi) is 5.20. The third-order valence-corrected chi connectivity index (χ3v) is 4.74. The average molecular weight is 359 g/mol. The number of nitrogens with zero attached hydrogens (tertiary/aromatic N) is 1. The largest absolute Gasteiger partial charge is 0.468 e. The van der Waals surface area contributed by atoms with Crippen LogP contribution in [0.5, 0.6) is 0 Å². The number of rotatable bonds is 4. The van der Waals surface area contributed by atoms with E-state index in [9.17, 15) is 19.2 Å². The predicted molar refractivity (Wildman–Crippen MR) is 92.9 cm³/mol. The molecule has 1 heterocycles. The summed E-state index contributed by atoms with van der Waals surface area (Å²) in [4.78, 5) is 49.5. The number of urea groups is 1. The van der Waals surface area contributed by atoms with Gasteiger partial charge in [-0.1, -0.05) is 19.3 Å². The molecule has 0 unspecified atom stereocenters. The Morgan fingerprint density at radius 1 is 1.12 bits per heavy atom. The van der Waals surface area contributed by atoms with Crippen LogP contribution in [0.4, 0.5) is 10.5 Å². The van der Waals surface area contributed by atoms with E-state index in [1.807, 2.05) is 0 Å². The molecular formula is C18H21N3O5. The van der Waals surface area contributed by atoms with E-state index in [-0.39, 0.29) is 24.4 Å². The number of esters is 1. The van der Waals surface area contributed by atoms with Crippen LogP contribution in [-0.4, -0.2) is 48.4 Å². The molecule has 26 heavy (non-hydrogen) atoms. The van der Waals surface area contributed by atoms with Gasteiger partial charge >= 0.3 is 12.0 Å². The number of benzene rings is 1. The molecule has 138 valence electrons. The van der Waals surface area contributed by atoms with E-state index in [1.54, 1.807) is 12.1 Å². The van der Waals surface area contributed by atoms with Gasteiger partial charge in [-0.15, -0.1) is 0 Å². The van der Waals surface area contributed by atoms with Crippen LogP contribution in [0.3, 0.4) is 0 Å². The van der Waals surface area contributed by atoms with Crippen molar-refractivity contribution in [3.8, 4) is 0 Å². The van der Waals surface area contributed by atoms with E-state index in [1.165, 1.54) is 18.1 Å². The number of hydrogen-bond donors (Lipinski definition) is 2. The first kappa shape index (κ1) is 17.9. The van der Waals surface area contributed by atoms with Crippen LogP contribution in [0.15, 0.2) is 18.2 Å². The SMILES string of the molecule is COC(=O)CNC(=O)Nc1ccc2c(c1)C(=O)N(C1CCCCC1)C2=O. The minimum Gasteiger partial charge on any atom is -0.468 e. The van der Waals surface area contributed by atoms with Gasteiger partial charge in [0.25, 0.3) is 11.8 Å². The van der Waals surface area contributed by atoms with Gasteiger partial charge in [-0.2, -0.15) is 0 Å². The fourth-order valence-electron chi connectivity index (χ4n) is 3.41. The molecule has 1 aliphatic heterocycles. The molecule has 0 aromatic heterocycles. The zero-order chi connectivity index (χ0) is 18.7. The Bertz CT molecular complexity index is 755. The number of nitrogens with one attached hydrogen (secondary N) is 2. The van der Waals surface area contributed by atoms with Gasteiger partial charge < -0.3 is 15.4 Å². The third kappa shape index (κ3) is 3.54. The van der Waals surface area contributed by atoms with Crippen molar-refractivity contribution >= 4 is 29.5 Å². The summed E-state index contributed by atoms with van der Waals surface area (Å²) in [6.07, 6.45) is 4.85. The van der Waals surface area contributed by atoms with Crippen molar-refractivity contribution in [1.82, 2.24) is 10.2 Å². The summed E-state index contributed by atoms with van der Waals surface area (Å²) < 4.78 is 4.44. The van der Waals surface area contributed by atoms with E-state index < -0.39 is 12.0 Å². The number of methoxy groups -OCH3 is 1. The van der Waals surface area contributed by atoms with E-state index >= 15 is 0 Å². The Balaban J connectivity index is 1.71. The van der Waals surface area contributed by atoms with E-state index in [0.29, 0.717) is 16.8 Å². The lowest BCUT2D eigenvalue weighted by Crippen LogP contribution is -2.40. The highest BCUT2D eigenvalue weighted by Gasteiger charge is 2.40. The van der Waals surface area contributed by atoms with E-state index in [4.69, 9.17) is 0 Å². The zero-order valence-corrected chi connectivity index (χ0v) is 14.5. The quantitative estimate of drug-likeness (QED) is 0.631. The number of imide groups is 1. The molecule has 1 saturated carbocycles. The molecule has 1 aromatic carbocycles. The second-order valence-corrected chi connectivity index (χ2v) is 6.42. The molecule has 8 nitrogen and oxygen atoms in total. The Labute approximate surface area is 150 Å². The maximum Gasteiger partial charge on any atom is 0.325 e. The first-order valence-electron chi connectivity index (χ1n) is 8.65. The smallest absolute Gasteiger partial charge is 0.325 e. The first-order chi connectivity index (χ1) is 12.5. The first-order valence-corrected chi connectivity index (χ1v) is 8.65. The van der Waals surface area contributed by atoms with Crippen LogP contribution >= 0.6 is 0 Å². The lowest BCUT2D eigenvalue weighted by molar-refractivity contribution is -0.139. The molecule has 0 radical (unpaired) electrons. The number of hydrogen-bond acceptors (Lipinski definition) is 5. The molecule has 4 amide bonds. The molecule has 1 aliphatic carbocycles. The molecule has 0 saturated heterocycles. The van der Waals surface area contributed by atoms with Crippen molar-refractivity contribution in [2.75, 3.05) is 19.0 Å². The maximum absolute atomic E-state index is 12.7. The summed E-state index contributed by atoms with van der Waals surface area (Å²) in [6, 6.07) is 3.96. The predicted octanol–water partition coefficient (Wildman–Crippen LogP) is 1.91. The number of anilines is 1. The van der Waals surface area contributed by atoms with Gasteiger partial charge in [0, 0.05) is 11.7 Å². The van der Waals surface area contributed by atoms with E-state index in [2.05, 4.69) is 15.4 Å². The summed E-state index contributed by atoms with van der Waals surface area (Å²) in [7, 11) is 1.23. The zero-order valence-electron chi connectivity index (χ0n) is 14.5. The number of ether oxygens (including phenoxy) is 1. The van der Waals surface area contributed by atoms with Crippen LogP contribution in [-0.2, 0) is 9.53 Å². The topological polar surface area (TPSA) is 105 Å². The Morgan fingerprint density at radius 2 is 1.81 bits per heavy atom. The van der Waals surface area contributed by atoms with Gasteiger partial charge in [0.05, 0.1) is 18.2 Å². The van der Waals surface area contributed by atoms with Crippen LogP contribution in [0.2, 0.25) is 0 Å². The summed E-state index contributed by atoms with van der Waals surface area (Å²) >= 11 is 0. The van der Waals surface area contributed by atoms with Crippen LogP contribution in [0.25, 0.3) is 0 Å². The fraction of sp³-hybridized carbons (Fsp3) is 0.444. The Hall–Kier alpha value is -2.90. The molecular weight excluding hydrogens is 338 g/mol. The number of carbonyl (C=O) groups is 4. The van der Waals surface area contributed by atoms with Crippen molar-refractivity contribution in [1.29, 1.82) is 0 Å². The van der Waals surface area contributed by atoms with Crippen LogP contribution < -0.4 is 10.6 Å². The minimum atomic E-state index is -0.601. The monoisotopic (exact) mass is 359 g/mol. The van der Waals surface area contributed by atoms with Crippen molar-refractivity contribution in [2.45, 2.75) is 38.1 Å². The van der Waals surface area contributed by atoms with Crippen molar-refractivity contribution in [3.63, 3.8) is 0 Å². The van der Waals surface area contributed by atoms with Crippen LogP contribution in [0.1, 0.15) is 52.8 Å². The summed E-state index contributed by atoms with van der Waals surface area (Å²) in [5.74, 6) is -1.15. The van der Waals surface area contributed by atoms with Crippen molar-refractivity contribution in [2.24, 2.45) is 0 Å². The highest BCUT2D eigenvalue weighted by atomic mass is 16.5. The van der Waals surface area contributed by atoms with Gasteiger partial charge in [0.15, 0.2) is 0 Å². The lowest BCUT2D eigenvalue weighted by Gasteiger charge is -2.29. The van der Waals surface area contributed by atoms with Gasteiger partial charge in [0.2, 0.25) is 0 Å². The van der Waals surface area contributed by atoms with Crippen LogP contribution in [0, 0.1) is 0 Å². The molecule has 1 fully saturated rings. The molecule has 2 aliphatic rings.